The van der Waals surface area contributed by atoms with E-state index in [4.69, 9.17) is 21.1 Å². The van der Waals surface area contributed by atoms with Crippen LogP contribution in [-0.2, 0) is 6.54 Å². The monoisotopic (exact) mass is 415 g/mol. The number of ether oxygens (including phenoxy) is 2. The normalized spacial score (nSPS) is 11.2. The summed E-state index contributed by atoms with van der Waals surface area (Å²) in [5.74, 6) is 1.00. The van der Waals surface area contributed by atoms with E-state index in [2.05, 4.69) is 15.5 Å². The second-order valence-corrected chi connectivity index (χ2v) is 7.10. The first-order valence-corrected chi connectivity index (χ1v) is 9.54. The molecule has 0 aliphatic heterocycles. The van der Waals surface area contributed by atoms with Gasteiger partial charge in [0.1, 0.15) is 11.5 Å². The molecule has 1 heterocycles. The Kier molecular flexibility index (Phi) is 6.62. The number of hydrogen-bond acceptors (Lipinski definition) is 6. The molecule has 0 saturated carbocycles. The lowest BCUT2D eigenvalue weighted by Crippen LogP contribution is -2.22. The van der Waals surface area contributed by atoms with Crippen molar-refractivity contribution in [1.82, 2.24) is 15.5 Å². The van der Waals surface area contributed by atoms with Crippen LogP contribution >= 0.6 is 22.9 Å². The zero-order valence-corrected chi connectivity index (χ0v) is 16.9. The number of hydrogen-bond donors (Lipinski definition) is 1. The topological polar surface area (TPSA) is 73.3 Å². The van der Waals surface area contributed by atoms with Gasteiger partial charge < -0.3 is 14.8 Å². The van der Waals surface area contributed by atoms with Gasteiger partial charge >= 0.3 is 0 Å². The van der Waals surface area contributed by atoms with Gasteiger partial charge in [0.2, 0.25) is 5.01 Å². The SMILES string of the molecule is COc1cc(C=C(Cl)c2nnc(C(=O)NCc3ccccc3)s2)cc(OC)c1. The van der Waals surface area contributed by atoms with Crippen molar-refractivity contribution in [3.8, 4) is 11.5 Å². The number of carbonyl (C=O) groups excluding carboxylic acids is 1. The lowest BCUT2D eigenvalue weighted by atomic mass is 10.2. The predicted molar refractivity (Wildman–Crippen MR) is 111 cm³/mol. The number of benzene rings is 2. The summed E-state index contributed by atoms with van der Waals surface area (Å²) in [7, 11) is 3.16. The van der Waals surface area contributed by atoms with Crippen molar-refractivity contribution in [2.75, 3.05) is 14.2 Å². The van der Waals surface area contributed by atoms with Crippen LogP contribution in [0.3, 0.4) is 0 Å². The van der Waals surface area contributed by atoms with Gasteiger partial charge in [0.15, 0.2) is 5.01 Å². The second-order valence-electron chi connectivity index (χ2n) is 5.72. The van der Waals surface area contributed by atoms with Gasteiger partial charge in [-0.05, 0) is 29.3 Å². The molecule has 0 bridgehead atoms. The molecule has 0 unspecified atom stereocenters. The minimum atomic E-state index is -0.292. The minimum Gasteiger partial charge on any atom is -0.497 e. The van der Waals surface area contributed by atoms with Crippen molar-refractivity contribution < 1.29 is 14.3 Å². The molecule has 28 heavy (non-hydrogen) atoms. The molecule has 1 N–H and O–H groups in total. The molecule has 0 spiro atoms. The van der Waals surface area contributed by atoms with Crippen molar-refractivity contribution >= 4 is 40.0 Å². The van der Waals surface area contributed by atoms with Crippen LogP contribution in [0.15, 0.2) is 48.5 Å². The maximum Gasteiger partial charge on any atom is 0.282 e. The van der Waals surface area contributed by atoms with Crippen molar-refractivity contribution in [2.45, 2.75) is 6.54 Å². The molecule has 0 saturated heterocycles. The third-order valence-electron chi connectivity index (χ3n) is 3.79. The standard InChI is InChI=1S/C20H18ClN3O3S/c1-26-15-8-14(9-16(11-15)27-2)10-17(21)19-23-24-20(28-19)18(25)22-12-13-6-4-3-5-7-13/h3-11H,12H2,1-2H3,(H,22,25). The van der Waals surface area contributed by atoms with Crippen LogP contribution in [0, 0.1) is 0 Å². The summed E-state index contributed by atoms with van der Waals surface area (Å²) in [6.07, 6.45) is 1.72. The number of amides is 1. The predicted octanol–water partition coefficient (Wildman–Crippen LogP) is 4.22. The largest absolute Gasteiger partial charge is 0.497 e. The smallest absolute Gasteiger partial charge is 0.282 e. The van der Waals surface area contributed by atoms with E-state index in [1.807, 2.05) is 42.5 Å². The first kappa shape index (κ1) is 19.9. The van der Waals surface area contributed by atoms with Gasteiger partial charge in [0.05, 0.1) is 19.3 Å². The van der Waals surface area contributed by atoms with Crippen LogP contribution in [0.5, 0.6) is 11.5 Å². The number of halogens is 1. The summed E-state index contributed by atoms with van der Waals surface area (Å²) in [6, 6.07) is 15.0. The van der Waals surface area contributed by atoms with Crippen LogP contribution in [0.25, 0.3) is 11.1 Å². The molecule has 144 valence electrons. The molecule has 3 rings (SSSR count). The van der Waals surface area contributed by atoms with Gasteiger partial charge in [-0.25, -0.2) is 0 Å². The summed E-state index contributed by atoms with van der Waals surface area (Å²) in [5.41, 5.74) is 1.79. The van der Waals surface area contributed by atoms with E-state index in [0.29, 0.717) is 28.1 Å². The summed E-state index contributed by atoms with van der Waals surface area (Å²) in [4.78, 5) is 12.3. The number of aromatic nitrogens is 2. The van der Waals surface area contributed by atoms with E-state index >= 15 is 0 Å². The average molecular weight is 416 g/mol. The highest BCUT2D eigenvalue weighted by atomic mass is 35.5. The molecule has 2 aromatic carbocycles. The Labute approximate surface area is 171 Å². The average Bonchev–Trinajstić information content (AvgIpc) is 3.23. The van der Waals surface area contributed by atoms with Crippen LogP contribution in [0.4, 0.5) is 0 Å². The fraction of sp³-hybridized carbons (Fsp3) is 0.150. The Morgan fingerprint density at radius 2 is 1.71 bits per heavy atom. The summed E-state index contributed by atoms with van der Waals surface area (Å²) < 4.78 is 10.5. The molecule has 3 aromatic rings. The number of carbonyl (C=O) groups is 1. The molecule has 1 amide bonds. The minimum absolute atomic E-state index is 0.251. The maximum absolute atomic E-state index is 12.3. The molecular weight excluding hydrogens is 398 g/mol. The Morgan fingerprint density at radius 1 is 1.07 bits per heavy atom. The van der Waals surface area contributed by atoms with E-state index in [9.17, 15) is 4.79 Å². The number of methoxy groups -OCH3 is 2. The fourth-order valence-electron chi connectivity index (χ4n) is 2.39. The van der Waals surface area contributed by atoms with Crippen LogP contribution in [0.2, 0.25) is 0 Å². The zero-order valence-electron chi connectivity index (χ0n) is 15.3. The quantitative estimate of drug-likeness (QED) is 0.625. The summed E-state index contributed by atoms with van der Waals surface area (Å²) in [6.45, 7) is 0.418. The molecule has 1 aromatic heterocycles. The Balaban J connectivity index is 1.72. The van der Waals surface area contributed by atoms with Gasteiger partial charge in [-0.1, -0.05) is 53.3 Å². The maximum atomic E-state index is 12.3. The molecule has 6 nitrogen and oxygen atoms in total. The third-order valence-corrected chi connectivity index (χ3v) is 5.14. The molecule has 0 aliphatic rings. The van der Waals surface area contributed by atoms with Crippen molar-refractivity contribution in [3.05, 3.63) is 69.7 Å². The van der Waals surface area contributed by atoms with Gasteiger partial charge in [0.25, 0.3) is 5.91 Å². The number of nitrogens with one attached hydrogen (secondary N) is 1. The highest BCUT2D eigenvalue weighted by Gasteiger charge is 2.14. The van der Waals surface area contributed by atoms with Crippen molar-refractivity contribution in [3.63, 3.8) is 0 Å². The molecule has 0 fully saturated rings. The van der Waals surface area contributed by atoms with Crippen LogP contribution < -0.4 is 14.8 Å². The van der Waals surface area contributed by atoms with Crippen LogP contribution in [-0.4, -0.2) is 30.3 Å². The van der Waals surface area contributed by atoms with Crippen LogP contribution in [0.1, 0.15) is 25.9 Å². The van der Waals surface area contributed by atoms with E-state index in [-0.39, 0.29) is 10.9 Å². The van der Waals surface area contributed by atoms with Crippen molar-refractivity contribution in [1.29, 1.82) is 0 Å². The van der Waals surface area contributed by atoms with E-state index in [1.165, 1.54) is 0 Å². The summed E-state index contributed by atoms with van der Waals surface area (Å²) in [5, 5.41) is 11.9. The first-order chi connectivity index (χ1) is 13.6. The molecule has 0 atom stereocenters. The number of rotatable bonds is 7. The first-order valence-electron chi connectivity index (χ1n) is 8.35. The second kappa shape index (κ2) is 9.34. The van der Waals surface area contributed by atoms with E-state index < -0.39 is 0 Å². The Hall–Kier alpha value is -2.90. The third kappa shape index (κ3) is 5.09. The van der Waals surface area contributed by atoms with Crippen molar-refractivity contribution in [2.24, 2.45) is 0 Å². The number of nitrogens with zero attached hydrogens (tertiary/aromatic N) is 2. The Morgan fingerprint density at radius 3 is 2.36 bits per heavy atom. The lowest BCUT2D eigenvalue weighted by Gasteiger charge is -2.06. The summed E-state index contributed by atoms with van der Waals surface area (Å²) >= 11 is 7.50. The fourth-order valence-corrected chi connectivity index (χ4v) is 3.33. The highest BCUT2D eigenvalue weighted by Crippen LogP contribution is 2.29. The van der Waals surface area contributed by atoms with E-state index in [0.717, 1.165) is 22.5 Å². The zero-order chi connectivity index (χ0) is 19.9. The molecule has 0 aliphatic carbocycles. The molecule has 0 radical (unpaired) electrons. The molecule has 8 heteroatoms. The van der Waals surface area contributed by atoms with Gasteiger partial charge in [-0.2, -0.15) is 0 Å². The van der Waals surface area contributed by atoms with Gasteiger partial charge in [0, 0.05) is 12.6 Å². The van der Waals surface area contributed by atoms with E-state index in [1.54, 1.807) is 26.4 Å². The Bertz CT molecular complexity index is 967. The highest BCUT2D eigenvalue weighted by molar-refractivity contribution is 7.15. The molecular formula is C20H18ClN3O3S. The van der Waals surface area contributed by atoms with Gasteiger partial charge in [-0.15, -0.1) is 10.2 Å². The lowest BCUT2D eigenvalue weighted by molar-refractivity contribution is 0.0950. The van der Waals surface area contributed by atoms with Gasteiger partial charge in [-0.3, -0.25) is 4.79 Å².